The first kappa shape index (κ1) is 12.7. The molecule has 3 nitrogen and oxygen atoms in total. The monoisotopic (exact) mass is 241 g/mol. The molecule has 2 aromatic heterocycles. The van der Waals surface area contributed by atoms with Gasteiger partial charge in [-0.1, -0.05) is 19.9 Å². The van der Waals surface area contributed by atoms with Crippen molar-refractivity contribution in [3.05, 3.63) is 54.1 Å². The number of hydrogen-bond donors (Lipinski definition) is 0. The summed E-state index contributed by atoms with van der Waals surface area (Å²) in [5.41, 5.74) is 2.58. The van der Waals surface area contributed by atoms with Crippen molar-refractivity contribution >= 4 is 0 Å². The maximum Gasteiger partial charge on any atom is 0.0530 e. The van der Waals surface area contributed by atoms with Gasteiger partial charge in [-0.05, 0) is 47.9 Å². The van der Waals surface area contributed by atoms with Gasteiger partial charge in [0.25, 0.3) is 0 Å². The van der Waals surface area contributed by atoms with Gasteiger partial charge in [0, 0.05) is 18.6 Å². The summed E-state index contributed by atoms with van der Waals surface area (Å²) in [6.07, 6.45) is 9.72. The minimum absolute atomic E-state index is 0.527. The van der Waals surface area contributed by atoms with Crippen LogP contribution in [0.4, 0.5) is 0 Å². The Morgan fingerprint density at radius 2 is 1.61 bits per heavy atom. The van der Waals surface area contributed by atoms with Crippen LogP contribution < -0.4 is 0 Å². The van der Waals surface area contributed by atoms with Crippen LogP contribution in [0, 0.1) is 0 Å². The van der Waals surface area contributed by atoms with Gasteiger partial charge in [0.15, 0.2) is 0 Å². The average Bonchev–Trinajstić information content (AvgIpc) is 2.46. The second kappa shape index (κ2) is 6.24. The zero-order valence-corrected chi connectivity index (χ0v) is 11.0. The van der Waals surface area contributed by atoms with Crippen LogP contribution in [0.5, 0.6) is 0 Å². The van der Waals surface area contributed by atoms with Crippen LogP contribution in [0.15, 0.2) is 43.0 Å². The molecule has 0 aliphatic carbocycles. The highest BCUT2D eigenvalue weighted by molar-refractivity contribution is 5.15. The Morgan fingerprint density at radius 3 is 2.17 bits per heavy atom. The van der Waals surface area contributed by atoms with Crippen LogP contribution in [-0.4, -0.2) is 15.2 Å². The zero-order valence-electron chi connectivity index (χ0n) is 11.0. The van der Waals surface area contributed by atoms with Gasteiger partial charge in [-0.15, -0.1) is 0 Å². The predicted molar refractivity (Wildman–Crippen MR) is 72.3 cm³/mol. The Kier molecular flexibility index (Phi) is 4.40. The molecule has 0 amide bonds. The zero-order chi connectivity index (χ0) is 12.8. The fraction of sp³-hybridized carbons (Fsp3) is 0.400. The van der Waals surface area contributed by atoms with Crippen LogP contribution in [0.2, 0.25) is 0 Å². The Hall–Kier alpha value is -1.77. The molecule has 2 rings (SSSR count). The van der Waals surface area contributed by atoms with E-state index in [9.17, 15) is 0 Å². The second-order valence-corrected chi connectivity index (χ2v) is 4.84. The minimum Gasteiger partial charge on any atom is -0.264 e. The third-order valence-electron chi connectivity index (χ3n) is 3.46. The molecule has 2 aromatic rings. The van der Waals surface area contributed by atoms with E-state index in [2.05, 4.69) is 35.1 Å². The lowest BCUT2D eigenvalue weighted by Gasteiger charge is -2.15. The summed E-state index contributed by atoms with van der Waals surface area (Å²) in [6, 6.07) is 6.20. The molecule has 0 N–H and O–H groups in total. The van der Waals surface area contributed by atoms with Gasteiger partial charge in [0.1, 0.15) is 0 Å². The van der Waals surface area contributed by atoms with Crippen LogP contribution in [0.25, 0.3) is 0 Å². The standard InChI is InChI=1S/C15H19N3/c1-12(14-4-3-8-16-10-14)5-6-13(2)15-7-9-17-18-11-15/h3-4,7-13H,5-6H2,1-2H3. The largest absolute Gasteiger partial charge is 0.264 e. The molecule has 3 heteroatoms. The lowest BCUT2D eigenvalue weighted by Crippen LogP contribution is -2.00. The van der Waals surface area contributed by atoms with Gasteiger partial charge < -0.3 is 0 Å². The maximum absolute atomic E-state index is 4.17. The number of aromatic nitrogens is 3. The van der Waals surface area contributed by atoms with Gasteiger partial charge in [-0.25, -0.2) is 0 Å². The van der Waals surface area contributed by atoms with Gasteiger partial charge in [-0.3, -0.25) is 4.98 Å². The van der Waals surface area contributed by atoms with Crippen molar-refractivity contribution in [2.45, 2.75) is 38.5 Å². The Labute approximate surface area is 108 Å². The molecule has 0 aliphatic heterocycles. The lowest BCUT2D eigenvalue weighted by atomic mass is 9.91. The van der Waals surface area contributed by atoms with E-state index in [4.69, 9.17) is 0 Å². The van der Waals surface area contributed by atoms with Crippen LogP contribution in [-0.2, 0) is 0 Å². The van der Waals surface area contributed by atoms with E-state index >= 15 is 0 Å². The molecule has 2 unspecified atom stereocenters. The van der Waals surface area contributed by atoms with E-state index in [-0.39, 0.29) is 0 Å². The molecule has 0 spiro atoms. The molecule has 0 fully saturated rings. The molecule has 0 bridgehead atoms. The van der Waals surface area contributed by atoms with E-state index in [1.54, 1.807) is 6.20 Å². The molecule has 0 saturated carbocycles. The first-order valence-corrected chi connectivity index (χ1v) is 6.44. The number of rotatable bonds is 5. The summed E-state index contributed by atoms with van der Waals surface area (Å²) in [5, 5.41) is 7.74. The molecular weight excluding hydrogens is 222 g/mol. The Morgan fingerprint density at radius 1 is 0.889 bits per heavy atom. The van der Waals surface area contributed by atoms with E-state index < -0.39 is 0 Å². The van der Waals surface area contributed by atoms with Crippen molar-refractivity contribution in [1.29, 1.82) is 0 Å². The van der Waals surface area contributed by atoms with Crippen LogP contribution >= 0.6 is 0 Å². The first-order chi connectivity index (χ1) is 8.77. The maximum atomic E-state index is 4.17. The first-order valence-electron chi connectivity index (χ1n) is 6.44. The van der Waals surface area contributed by atoms with Crippen molar-refractivity contribution in [2.75, 3.05) is 0 Å². The van der Waals surface area contributed by atoms with E-state index in [0.717, 1.165) is 12.8 Å². The molecule has 94 valence electrons. The predicted octanol–water partition coefficient (Wildman–Crippen LogP) is 3.56. The summed E-state index contributed by atoms with van der Waals surface area (Å²) in [7, 11) is 0. The average molecular weight is 241 g/mol. The number of pyridine rings is 1. The SMILES string of the molecule is CC(CCC(C)c1ccnnc1)c1cccnc1. The molecular formula is C15H19N3. The van der Waals surface area contributed by atoms with Gasteiger partial charge in [-0.2, -0.15) is 10.2 Å². The minimum atomic E-state index is 0.527. The fourth-order valence-corrected chi connectivity index (χ4v) is 2.09. The van der Waals surface area contributed by atoms with Gasteiger partial charge >= 0.3 is 0 Å². The highest BCUT2D eigenvalue weighted by atomic mass is 15.1. The molecule has 0 aromatic carbocycles. The lowest BCUT2D eigenvalue weighted by molar-refractivity contribution is 0.571. The van der Waals surface area contributed by atoms with Crippen molar-refractivity contribution in [1.82, 2.24) is 15.2 Å². The fourth-order valence-electron chi connectivity index (χ4n) is 2.09. The number of hydrogen-bond acceptors (Lipinski definition) is 3. The summed E-state index contributed by atoms with van der Waals surface area (Å²) in [6.45, 7) is 4.50. The molecule has 2 atom stereocenters. The van der Waals surface area contributed by atoms with Crippen molar-refractivity contribution < 1.29 is 0 Å². The normalized spacial score (nSPS) is 14.1. The Bertz CT molecular complexity index is 410. The molecule has 0 aliphatic rings. The smallest absolute Gasteiger partial charge is 0.0530 e. The van der Waals surface area contributed by atoms with Crippen molar-refractivity contribution in [2.24, 2.45) is 0 Å². The van der Waals surface area contributed by atoms with Crippen molar-refractivity contribution in [3.63, 3.8) is 0 Å². The third-order valence-corrected chi connectivity index (χ3v) is 3.46. The highest BCUT2D eigenvalue weighted by Gasteiger charge is 2.10. The Balaban J connectivity index is 1.89. The number of nitrogens with zero attached hydrogens (tertiary/aromatic N) is 3. The molecule has 0 radical (unpaired) electrons. The van der Waals surface area contributed by atoms with Crippen molar-refractivity contribution in [3.8, 4) is 0 Å². The summed E-state index contributed by atoms with van der Waals surface area (Å²) >= 11 is 0. The van der Waals surface area contributed by atoms with Gasteiger partial charge in [0.05, 0.1) is 6.20 Å². The highest BCUT2D eigenvalue weighted by Crippen LogP contribution is 2.26. The van der Waals surface area contributed by atoms with Gasteiger partial charge in [0.2, 0.25) is 0 Å². The van der Waals surface area contributed by atoms with Crippen LogP contribution in [0.3, 0.4) is 0 Å². The third kappa shape index (κ3) is 3.36. The molecule has 18 heavy (non-hydrogen) atoms. The van der Waals surface area contributed by atoms with E-state index in [1.165, 1.54) is 11.1 Å². The summed E-state index contributed by atoms with van der Waals surface area (Å²) < 4.78 is 0. The topological polar surface area (TPSA) is 38.7 Å². The summed E-state index contributed by atoms with van der Waals surface area (Å²) in [4.78, 5) is 4.17. The second-order valence-electron chi connectivity index (χ2n) is 4.84. The molecule has 0 saturated heterocycles. The van der Waals surface area contributed by atoms with E-state index in [1.807, 2.05) is 30.7 Å². The van der Waals surface area contributed by atoms with Crippen LogP contribution in [0.1, 0.15) is 49.7 Å². The van der Waals surface area contributed by atoms with E-state index in [0.29, 0.717) is 11.8 Å². The molecule has 2 heterocycles. The quantitative estimate of drug-likeness (QED) is 0.803. The summed E-state index contributed by atoms with van der Waals surface area (Å²) in [5.74, 6) is 1.08.